The molecule has 0 aliphatic carbocycles. The average Bonchev–Trinajstić information content (AvgIpc) is 2.25. The van der Waals surface area contributed by atoms with Crippen LogP contribution in [-0.2, 0) is 6.54 Å². The molecule has 0 fully saturated rings. The van der Waals surface area contributed by atoms with Crippen molar-refractivity contribution in [3.8, 4) is 0 Å². The maximum atomic E-state index is 13.6. The van der Waals surface area contributed by atoms with Gasteiger partial charge >= 0.3 is 0 Å². The van der Waals surface area contributed by atoms with Gasteiger partial charge in [-0.25, -0.2) is 4.39 Å². The highest BCUT2D eigenvalue weighted by molar-refractivity contribution is 9.10. The van der Waals surface area contributed by atoms with Gasteiger partial charge in [0.1, 0.15) is 5.82 Å². The Bertz CT molecular complexity index is 357. The van der Waals surface area contributed by atoms with E-state index in [1.807, 2.05) is 6.07 Å². The van der Waals surface area contributed by atoms with Crippen molar-refractivity contribution in [2.24, 2.45) is 5.92 Å². The number of hydrogen-bond acceptors (Lipinski definition) is 1. The maximum absolute atomic E-state index is 13.6. The molecule has 0 saturated carbocycles. The Balaban J connectivity index is 2.53. The van der Waals surface area contributed by atoms with Crippen molar-refractivity contribution in [2.45, 2.75) is 32.9 Å². The highest BCUT2D eigenvalue weighted by Gasteiger charge is 2.10. The van der Waals surface area contributed by atoms with Gasteiger partial charge in [-0.2, -0.15) is 0 Å². The summed E-state index contributed by atoms with van der Waals surface area (Å²) in [6, 6.07) is 5.35. The summed E-state index contributed by atoms with van der Waals surface area (Å²) in [4.78, 5) is 0. The molecule has 0 aliphatic heterocycles. The predicted molar refractivity (Wildman–Crippen MR) is 74.9 cm³/mol. The van der Waals surface area contributed by atoms with Crippen LogP contribution in [0, 0.1) is 11.7 Å². The Morgan fingerprint density at radius 3 is 2.65 bits per heavy atom. The zero-order valence-electron chi connectivity index (χ0n) is 10.1. The standard InChI is InChI=1S/C13H18BrClFN/c1-9(2)5-12(7-15)17-8-10-3-4-11(14)6-13(10)16/h3-4,6,9,12,17H,5,7-8H2,1-2H3. The second-order valence-electron chi connectivity index (χ2n) is 4.60. The van der Waals surface area contributed by atoms with Crippen LogP contribution < -0.4 is 5.32 Å². The van der Waals surface area contributed by atoms with Crippen LogP contribution in [-0.4, -0.2) is 11.9 Å². The minimum Gasteiger partial charge on any atom is -0.309 e. The fraction of sp³-hybridized carbons (Fsp3) is 0.538. The summed E-state index contributed by atoms with van der Waals surface area (Å²) in [5, 5.41) is 3.29. The van der Waals surface area contributed by atoms with E-state index in [1.165, 1.54) is 6.07 Å². The molecule has 1 aromatic rings. The molecule has 0 heterocycles. The fourth-order valence-corrected chi connectivity index (χ4v) is 2.26. The first-order valence-corrected chi connectivity index (χ1v) is 7.09. The Labute approximate surface area is 116 Å². The van der Waals surface area contributed by atoms with Gasteiger partial charge in [-0.05, 0) is 24.5 Å². The first-order chi connectivity index (χ1) is 8.02. The smallest absolute Gasteiger partial charge is 0.128 e. The summed E-state index contributed by atoms with van der Waals surface area (Å²) in [5.41, 5.74) is 0.673. The van der Waals surface area contributed by atoms with E-state index < -0.39 is 0 Å². The van der Waals surface area contributed by atoms with Gasteiger partial charge in [-0.1, -0.05) is 35.8 Å². The van der Waals surface area contributed by atoms with Crippen LogP contribution in [0.4, 0.5) is 4.39 Å². The number of nitrogens with one attached hydrogen (secondary N) is 1. The number of hydrogen-bond donors (Lipinski definition) is 1. The van der Waals surface area contributed by atoms with Crippen molar-refractivity contribution >= 4 is 27.5 Å². The second-order valence-corrected chi connectivity index (χ2v) is 5.82. The first kappa shape index (κ1) is 14.9. The molecule has 0 aromatic heterocycles. The van der Waals surface area contributed by atoms with Crippen molar-refractivity contribution in [3.63, 3.8) is 0 Å². The van der Waals surface area contributed by atoms with Crippen LogP contribution in [0.2, 0.25) is 0 Å². The third-order valence-electron chi connectivity index (χ3n) is 2.54. The maximum Gasteiger partial charge on any atom is 0.128 e. The molecule has 1 nitrogen and oxygen atoms in total. The molecule has 17 heavy (non-hydrogen) atoms. The normalized spacial score (nSPS) is 13.1. The average molecular weight is 323 g/mol. The third kappa shape index (κ3) is 5.36. The molecule has 1 N–H and O–H groups in total. The molecule has 0 amide bonds. The van der Waals surface area contributed by atoms with Crippen LogP contribution in [0.5, 0.6) is 0 Å². The minimum atomic E-state index is -0.190. The lowest BCUT2D eigenvalue weighted by Gasteiger charge is -2.18. The Kier molecular flexibility index (Phi) is 6.45. The molecule has 0 saturated heterocycles. The predicted octanol–water partition coefficient (Wildman–Crippen LogP) is 4.33. The number of benzene rings is 1. The molecule has 4 heteroatoms. The summed E-state index contributed by atoms with van der Waals surface area (Å²) in [7, 11) is 0. The molecule has 0 bridgehead atoms. The lowest BCUT2D eigenvalue weighted by molar-refractivity contribution is 0.440. The Morgan fingerprint density at radius 1 is 1.41 bits per heavy atom. The van der Waals surface area contributed by atoms with Crippen molar-refractivity contribution < 1.29 is 4.39 Å². The summed E-state index contributed by atoms with van der Waals surface area (Å²) < 4.78 is 14.3. The molecule has 1 rings (SSSR count). The van der Waals surface area contributed by atoms with Gasteiger partial charge in [0.25, 0.3) is 0 Å². The molecule has 96 valence electrons. The molecule has 1 aromatic carbocycles. The van der Waals surface area contributed by atoms with Crippen LogP contribution >= 0.6 is 27.5 Å². The van der Waals surface area contributed by atoms with Crippen molar-refractivity contribution in [1.82, 2.24) is 5.32 Å². The van der Waals surface area contributed by atoms with Gasteiger partial charge < -0.3 is 5.32 Å². The third-order valence-corrected chi connectivity index (χ3v) is 3.40. The summed E-state index contributed by atoms with van der Waals surface area (Å²) in [5.74, 6) is 0.946. The Hall–Kier alpha value is -0.120. The van der Waals surface area contributed by atoms with E-state index in [4.69, 9.17) is 11.6 Å². The van der Waals surface area contributed by atoms with E-state index in [9.17, 15) is 4.39 Å². The van der Waals surface area contributed by atoms with Gasteiger partial charge in [0.15, 0.2) is 0 Å². The van der Waals surface area contributed by atoms with E-state index in [0.717, 1.165) is 10.9 Å². The molecular weight excluding hydrogens is 305 g/mol. The van der Waals surface area contributed by atoms with Gasteiger partial charge in [-0.15, -0.1) is 11.6 Å². The van der Waals surface area contributed by atoms with Gasteiger partial charge in [-0.3, -0.25) is 0 Å². The van der Waals surface area contributed by atoms with E-state index in [0.29, 0.717) is 23.9 Å². The zero-order chi connectivity index (χ0) is 12.8. The minimum absolute atomic E-state index is 0.190. The summed E-state index contributed by atoms with van der Waals surface area (Å²) >= 11 is 9.12. The number of alkyl halides is 1. The quantitative estimate of drug-likeness (QED) is 0.769. The zero-order valence-corrected chi connectivity index (χ0v) is 12.5. The lowest BCUT2D eigenvalue weighted by atomic mass is 10.0. The number of halogens is 3. The van der Waals surface area contributed by atoms with E-state index in [-0.39, 0.29) is 11.9 Å². The van der Waals surface area contributed by atoms with Crippen LogP contribution in [0.1, 0.15) is 25.8 Å². The van der Waals surface area contributed by atoms with Gasteiger partial charge in [0.2, 0.25) is 0 Å². The second kappa shape index (κ2) is 7.34. The highest BCUT2D eigenvalue weighted by Crippen LogP contribution is 2.15. The van der Waals surface area contributed by atoms with Crippen molar-refractivity contribution in [1.29, 1.82) is 0 Å². The summed E-state index contributed by atoms with van der Waals surface area (Å²) in [6.45, 7) is 4.83. The molecule has 1 atom stereocenters. The van der Waals surface area contributed by atoms with Gasteiger partial charge in [0.05, 0.1) is 0 Å². The summed E-state index contributed by atoms with van der Waals surface area (Å²) in [6.07, 6.45) is 1.00. The van der Waals surface area contributed by atoms with Crippen LogP contribution in [0.25, 0.3) is 0 Å². The molecule has 0 spiro atoms. The Morgan fingerprint density at radius 2 is 2.12 bits per heavy atom. The number of rotatable bonds is 6. The largest absolute Gasteiger partial charge is 0.309 e. The van der Waals surface area contributed by atoms with E-state index in [2.05, 4.69) is 35.1 Å². The lowest BCUT2D eigenvalue weighted by Crippen LogP contribution is -2.31. The van der Waals surface area contributed by atoms with Crippen molar-refractivity contribution in [2.75, 3.05) is 5.88 Å². The molecule has 0 aliphatic rings. The van der Waals surface area contributed by atoms with Crippen molar-refractivity contribution in [3.05, 3.63) is 34.1 Å². The SMILES string of the molecule is CC(C)CC(CCl)NCc1ccc(Br)cc1F. The van der Waals surface area contributed by atoms with Gasteiger partial charge in [0, 0.05) is 28.5 Å². The van der Waals surface area contributed by atoms with Crippen LogP contribution in [0.3, 0.4) is 0 Å². The monoisotopic (exact) mass is 321 g/mol. The molecule has 1 unspecified atom stereocenters. The van der Waals surface area contributed by atoms with E-state index in [1.54, 1.807) is 6.07 Å². The topological polar surface area (TPSA) is 12.0 Å². The van der Waals surface area contributed by atoms with E-state index >= 15 is 0 Å². The van der Waals surface area contributed by atoms with Crippen LogP contribution in [0.15, 0.2) is 22.7 Å². The highest BCUT2D eigenvalue weighted by atomic mass is 79.9. The fourth-order valence-electron chi connectivity index (χ4n) is 1.69. The first-order valence-electron chi connectivity index (χ1n) is 5.76. The molecule has 0 radical (unpaired) electrons. The molecular formula is C13H18BrClFN.